The lowest BCUT2D eigenvalue weighted by Gasteiger charge is -2.30. The first-order valence-corrected chi connectivity index (χ1v) is 7.43. The Morgan fingerprint density at radius 2 is 1.75 bits per heavy atom. The average Bonchev–Trinajstić information content (AvgIpc) is 2.97. The van der Waals surface area contributed by atoms with Crippen LogP contribution in [0, 0.1) is 5.41 Å². The molecule has 24 heavy (non-hydrogen) atoms. The zero-order valence-electron chi connectivity index (χ0n) is 12.6. The number of pyridine rings is 1. The smallest absolute Gasteiger partial charge is 0.355 e. The van der Waals surface area contributed by atoms with E-state index in [-0.39, 0.29) is 25.8 Å². The van der Waals surface area contributed by atoms with E-state index in [0.717, 1.165) is 12.3 Å². The van der Waals surface area contributed by atoms with E-state index >= 15 is 0 Å². The number of carbonyl (C=O) groups excluding carboxylic acids is 1. The minimum atomic E-state index is -4.61. The number of nitrogens with zero attached hydrogens (tertiary/aromatic N) is 1. The Morgan fingerprint density at radius 1 is 1.12 bits per heavy atom. The van der Waals surface area contributed by atoms with Crippen molar-refractivity contribution >= 4 is 5.91 Å². The van der Waals surface area contributed by atoms with Crippen LogP contribution < -0.4 is 5.32 Å². The van der Waals surface area contributed by atoms with Crippen molar-refractivity contribution in [2.75, 3.05) is 6.54 Å². The third-order valence-corrected chi connectivity index (χ3v) is 4.25. The SMILES string of the molecule is O=C(NCCc1ccc(C(F)(F)F)nc1)C1(C(F)(F)F)CCCC1. The van der Waals surface area contributed by atoms with E-state index in [1.54, 1.807) is 0 Å². The first-order valence-electron chi connectivity index (χ1n) is 7.43. The molecule has 2 rings (SSSR count). The summed E-state index contributed by atoms with van der Waals surface area (Å²) < 4.78 is 76.7. The van der Waals surface area contributed by atoms with Crippen LogP contribution in [-0.2, 0) is 17.4 Å². The molecule has 0 unspecified atom stereocenters. The van der Waals surface area contributed by atoms with Gasteiger partial charge in [0.15, 0.2) is 0 Å². The molecule has 1 fully saturated rings. The summed E-state index contributed by atoms with van der Waals surface area (Å²) in [6.07, 6.45) is -7.83. The van der Waals surface area contributed by atoms with Crippen LogP contribution in [-0.4, -0.2) is 23.6 Å². The molecule has 0 aliphatic heterocycles. The van der Waals surface area contributed by atoms with Gasteiger partial charge in [0.25, 0.3) is 0 Å². The largest absolute Gasteiger partial charge is 0.433 e. The van der Waals surface area contributed by atoms with Gasteiger partial charge in [-0.15, -0.1) is 0 Å². The number of rotatable bonds is 4. The molecule has 9 heteroatoms. The average molecular weight is 354 g/mol. The van der Waals surface area contributed by atoms with Crippen LogP contribution in [0.5, 0.6) is 0 Å². The molecule has 1 aliphatic carbocycles. The van der Waals surface area contributed by atoms with Crippen molar-refractivity contribution in [1.29, 1.82) is 0 Å². The summed E-state index contributed by atoms with van der Waals surface area (Å²) in [5.41, 5.74) is -2.99. The van der Waals surface area contributed by atoms with Gasteiger partial charge in [0, 0.05) is 12.7 Å². The first kappa shape index (κ1) is 18.5. The molecule has 134 valence electrons. The van der Waals surface area contributed by atoms with Gasteiger partial charge in [-0.2, -0.15) is 26.3 Å². The van der Waals surface area contributed by atoms with Crippen LogP contribution in [0.4, 0.5) is 26.3 Å². The normalized spacial score (nSPS) is 17.8. The molecular weight excluding hydrogens is 338 g/mol. The van der Waals surface area contributed by atoms with E-state index < -0.39 is 29.4 Å². The highest BCUT2D eigenvalue weighted by Gasteiger charge is 2.60. The second-order valence-corrected chi connectivity index (χ2v) is 5.84. The van der Waals surface area contributed by atoms with Crippen LogP contribution in [0.25, 0.3) is 0 Å². The topological polar surface area (TPSA) is 42.0 Å². The maximum Gasteiger partial charge on any atom is 0.433 e. The molecule has 0 aromatic carbocycles. The van der Waals surface area contributed by atoms with Crippen molar-refractivity contribution in [2.24, 2.45) is 5.41 Å². The molecule has 0 atom stereocenters. The molecule has 3 nitrogen and oxygen atoms in total. The molecule has 1 aromatic rings. The summed E-state index contributed by atoms with van der Waals surface area (Å²) in [4.78, 5) is 15.3. The summed E-state index contributed by atoms with van der Waals surface area (Å²) in [6, 6.07) is 1.99. The number of alkyl halides is 6. The number of aromatic nitrogens is 1. The fourth-order valence-electron chi connectivity index (χ4n) is 2.85. The molecule has 1 amide bonds. The standard InChI is InChI=1S/C15H16F6N2O/c16-14(17,18)11-4-3-10(9-23-11)5-8-22-12(24)13(15(19,20)21)6-1-2-7-13/h3-4,9H,1-2,5-8H2,(H,22,24). The number of halogens is 6. The van der Waals surface area contributed by atoms with Gasteiger partial charge in [0.2, 0.25) is 5.91 Å². The Labute approximate surface area is 134 Å². The van der Waals surface area contributed by atoms with Crippen molar-refractivity contribution in [2.45, 2.75) is 44.5 Å². The van der Waals surface area contributed by atoms with E-state index in [0.29, 0.717) is 18.4 Å². The molecule has 0 bridgehead atoms. The highest BCUT2D eigenvalue weighted by molar-refractivity contribution is 5.83. The Morgan fingerprint density at radius 3 is 2.21 bits per heavy atom. The monoisotopic (exact) mass is 354 g/mol. The lowest BCUT2D eigenvalue weighted by Crippen LogP contribution is -2.49. The Bertz CT molecular complexity index is 573. The molecule has 1 N–H and O–H groups in total. The van der Waals surface area contributed by atoms with Crippen molar-refractivity contribution in [3.05, 3.63) is 29.6 Å². The van der Waals surface area contributed by atoms with Gasteiger partial charge in [0.05, 0.1) is 0 Å². The third kappa shape index (κ3) is 3.81. The van der Waals surface area contributed by atoms with E-state index in [4.69, 9.17) is 0 Å². The van der Waals surface area contributed by atoms with Gasteiger partial charge >= 0.3 is 12.4 Å². The van der Waals surface area contributed by atoms with Crippen molar-refractivity contribution < 1.29 is 31.1 Å². The lowest BCUT2D eigenvalue weighted by atomic mass is 9.84. The molecule has 1 aliphatic rings. The fourth-order valence-corrected chi connectivity index (χ4v) is 2.85. The number of hydrogen-bond acceptors (Lipinski definition) is 2. The molecule has 0 spiro atoms. The van der Waals surface area contributed by atoms with Crippen LogP contribution in [0.3, 0.4) is 0 Å². The van der Waals surface area contributed by atoms with E-state index in [2.05, 4.69) is 10.3 Å². The van der Waals surface area contributed by atoms with Gasteiger partial charge in [-0.3, -0.25) is 9.78 Å². The van der Waals surface area contributed by atoms with Gasteiger partial charge in [0.1, 0.15) is 11.1 Å². The fraction of sp³-hybridized carbons (Fsp3) is 0.600. The number of carbonyl (C=O) groups is 1. The summed E-state index contributed by atoms with van der Waals surface area (Å²) in [6.45, 7) is -0.0935. The number of nitrogens with one attached hydrogen (secondary N) is 1. The Kier molecular flexibility index (Phi) is 5.10. The van der Waals surface area contributed by atoms with E-state index in [1.807, 2.05) is 0 Å². The molecule has 1 saturated carbocycles. The molecule has 1 heterocycles. The van der Waals surface area contributed by atoms with Gasteiger partial charge in [-0.25, -0.2) is 0 Å². The van der Waals surface area contributed by atoms with Crippen molar-refractivity contribution in [1.82, 2.24) is 10.3 Å². The maximum absolute atomic E-state index is 13.2. The molecule has 0 saturated heterocycles. The highest BCUT2D eigenvalue weighted by atomic mass is 19.4. The maximum atomic E-state index is 13.2. The summed E-state index contributed by atoms with van der Waals surface area (Å²) in [5.74, 6) is -1.06. The predicted molar refractivity (Wildman–Crippen MR) is 72.9 cm³/mol. The second kappa shape index (κ2) is 6.60. The first-order chi connectivity index (χ1) is 11.1. The van der Waals surface area contributed by atoms with Crippen molar-refractivity contribution in [3.63, 3.8) is 0 Å². The highest BCUT2D eigenvalue weighted by Crippen LogP contribution is 2.50. The Hall–Kier alpha value is -1.80. The van der Waals surface area contributed by atoms with Crippen LogP contribution in [0.1, 0.15) is 36.9 Å². The summed E-state index contributed by atoms with van der Waals surface area (Å²) in [7, 11) is 0. The predicted octanol–water partition coefficient (Wildman–Crippen LogP) is 3.88. The van der Waals surface area contributed by atoms with Crippen molar-refractivity contribution in [3.8, 4) is 0 Å². The van der Waals surface area contributed by atoms with E-state index in [9.17, 15) is 31.1 Å². The minimum Gasteiger partial charge on any atom is -0.355 e. The molecule has 1 aromatic heterocycles. The quantitative estimate of drug-likeness (QED) is 0.834. The molecular formula is C15H16F6N2O. The van der Waals surface area contributed by atoms with E-state index in [1.165, 1.54) is 6.07 Å². The van der Waals surface area contributed by atoms with Gasteiger partial charge in [-0.05, 0) is 30.9 Å². The zero-order valence-corrected chi connectivity index (χ0v) is 12.6. The Balaban J connectivity index is 1.93. The number of hydrogen-bond donors (Lipinski definition) is 1. The van der Waals surface area contributed by atoms with Crippen LogP contribution >= 0.6 is 0 Å². The third-order valence-electron chi connectivity index (χ3n) is 4.25. The summed E-state index contributed by atoms with van der Waals surface area (Å²) in [5, 5.41) is 2.26. The van der Waals surface area contributed by atoms with Gasteiger partial charge < -0.3 is 5.32 Å². The van der Waals surface area contributed by atoms with Crippen LogP contribution in [0.2, 0.25) is 0 Å². The molecule has 0 radical (unpaired) electrons. The second-order valence-electron chi connectivity index (χ2n) is 5.84. The van der Waals surface area contributed by atoms with Gasteiger partial charge in [-0.1, -0.05) is 18.9 Å². The van der Waals surface area contributed by atoms with Crippen LogP contribution in [0.15, 0.2) is 18.3 Å². The zero-order chi connectivity index (χ0) is 18.0. The minimum absolute atomic E-state index is 0.0935. The number of amides is 1. The lowest BCUT2D eigenvalue weighted by molar-refractivity contribution is -0.220. The summed E-state index contributed by atoms with van der Waals surface area (Å²) >= 11 is 0.